The SMILES string of the molecule is CCC(C(=O)NCCBr)c1ccccc1. The van der Waals surface area contributed by atoms with Crippen molar-refractivity contribution in [2.75, 3.05) is 11.9 Å². The molecule has 0 saturated carbocycles. The molecule has 0 aliphatic carbocycles. The number of carbonyl (C=O) groups is 1. The first-order chi connectivity index (χ1) is 7.29. The summed E-state index contributed by atoms with van der Waals surface area (Å²) in [6.45, 7) is 2.72. The number of alkyl halides is 1. The summed E-state index contributed by atoms with van der Waals surface area (Å²) in [7, 11) is 0. The molecular formula is C12H16BrNO. The number of benzene rings is 1. The number of hydrogen-bond acceptors (Lipinski definition) is 1. The molecule has 1 atom stereocenters. The van der Waals surface area contributed by atoms with Gasteiger partial charge in [0, 0.05) is 11.9 Å². The molecule has 1 amide bonds. The van der Waals surface area contributed by atoms with Crippen molar-refractivity contribution in [2.24, 2.45) is 0 Å². The Morgan fingerprint density at radius 3 is 2.60 bits per heavy atom. The van der Waals surface area contributed by atoms with Gasteiger partial charge < -0.3 is 5.32 Å². The largest absolute Gasteiger partial charge is 0.355 e. The molecule has 0 spiro atoms. The van der Waals surface area contributed by atoms with E-state index in [1.54, 1.807) is 0 Å². The van der Waals surface area contributed by atoms with E-state index in [1.165, 1.54) is 0 Å². The van der Waals surface area contributed by atoms with Crippen LogP contribution in [0.3, 0.4) is 0 Å². The molecule has 0 aliphatic heterocycles. The fourth-order valence-electron chi connectivity index (χ4n) is 1.55. The number of amides is 1. The van der Waals surface area contributed by atoms with E-state index < -0.39 is 0 Å². The Bertz CT molecular complexity index is 300. The van der Waals surface area contributed by atoms with Gasteiger partial charge in [0.05, 0.1) is 5.92 Å². The highest BCUT2D eigenvalue weighted by Gasteiger charge is 2.17. The third kappa shape index (κ3) is 3.67. The van der Waals surface area contributed by atoms with E-state index in [2.05, 4.69) is 21.2 Å². The summed E-state index contributed by atoms with van der Waals surface area (Å²) in [6.07, 6.45) is 0.831. The molecule has 82 valence electrons. The van der Waals surface area contributed by atoms with E-state index >= 15 is 0 Å². The summed E-state index contributed by atoms with van der Waals surface area (Å²) in [6, 6.07) is 9.90. The molecule has 0 saturated heterocycles. The minimum atomic E-state index is -0.0229. The zero-order valence-electron chi connectivity index (χ0n) is 8.87. The highest BCUT2D eigenvalue weighted by molar-refractivity contribution is 9.09. The smallest absolute Gasteiger partial charge is 0.227 e. The van der Waals surface area contributed by atoms with Crippen molar-refractivity contribution in [2.45, 2.75) is 19.3 Å². The van der Waals surface area contributed by atoms with Crippen LogP contribution in [0.1, 0.15) is 24.8 Å². The molecule has 1 N–H and O–H groups in total. The topological polar surface area (TPSA) is 29.1 Å². The first kappa shape index (κ1) is 12.2. The van der Waals surface area contributed by atoms with Gasteiger partial charge in [-0.25, -0.2) is 0 Å². The van der Waals surface area contributed by atoms with Gasteiger partial charge >= 0.3 is 0 Å². The lowest BCUT2D eigenvalue weighted by molar-refractivity contribution is -0.122. The Morgan fingerprint density at radius 1 is 1.40 bits per heavy atom. The van der Waals surface area contributed by atoms with Gasteiger partial charge in [-0.1, -0.05) is 53.2 Å². The van der Waals surface area contributed by atoms with E-state index in [0.29, 0.717) is 6.54 Å². The van der Waals surface area contributed by atoms with Crippen LogP contribution in [0.15, 0.2) is 30.3 Å². The Hall–Kier alpha value is -0.830. The first-order valence-corrected chi connectivity index (χ1v) is 6.30. The summed E-state index contributed by atoms with van der Waals surface area (Å²) in [5.41, 5.74) is 1.09. The summed E-state index contributed by atoms with van der Waals surface area (Å²) < 4.78 is 0. The molecular weight excluding hydrogens is 254 g/mol. The predicted molar refractivity (Wildman–Crippen MR) is 66.3 cm³/mol. The number of rotatable bonds is 5. The molecule has 0 aliphatic rings. The van der Waals surface area contributed by atoms with Crippen LogP contribution in [0.4, 0.5) is 0 Å². The van der Waals surface area contributed by atoms with E-state index in [1.807, 2.05) is 37.3 Å². The van der Waals surface area contributed by atoms with Crippen molar-refractivity contribution in [3.63, 3.8) is 0 Å². The van der Waals surface area contributed by atoms with Gasteiger partial charge in [0.15, 0.2) is 0 Å². The predicted octanol–water partition coefficient (Wildman–Crippen LogP) is 2.69. The van der Waals surface area contributed by atoms with Crippen molar-refractivity contribution in [1.82, 2.24) is 5.32 Å². The summed E-state index contributed by atoms with van der Waals surface area (Å²) in [5, 5.41) is 3.69. The minimum Gasteiger partial charge on any atom is -0.355 e. The molecule has 1 aromatic rings. The average Bonchev–Trinajstić information content (AvgIpc) is 2.29. The maximum absolute atomic E-state index is 11.8. The van der Waals surface area contributed by atoms with Gasteiger partial charge in [-0.15, -0.1) is 0 Å². The maximum Gasteiger partial charge on any atom is 0.227 e. The lowest BCUT2D eigenvalue weighted by atomic mass is 9.96. The van der Waals surface area contributed by atoms with Gasteiger partial charge in [0.25, 0.3) is 0 Å². The molecule has 0 fully saturated rings. The van der Waals surface area contributed by atoms with Crippen molar-refractivity contribution in [3.05, 3.63) is 35.9 Å². The van der Waals surface area contributed by atoms with Gasteiger partial charge in [0.2, 0.25) is 5.91 Å². The lowest BCUT2D eigenvalue weighted by Crippen LogP contribution is -2.30. The molecule has 2 nitrogen and oxygen atoms in total. The Morgan fingerprint density at radius 2 is 2.07 bits per heavy atom. The van der Waals surface area contributed by atoms with Crippen molar-refractivity contribution >= 4 is 21.8 Å². The van der Waals surface area contributed by atoms with Crippen molar-refractivity contribution < 1.29 is 4.79 Å². The first-order valence-electron chi connectivity index (χ1n) is 5.18. The number of halogens is 1. The third-order valence-electron chi connectivity index (χ3n) is 2.32. The zero-order chi connectivity index (χ0) is 11.1. The highest BCUT2D eigenvalue weighted by Crippen LogP contribution is 2.18. The van der Waals surface area contributed by atoms with Crippen molar-refractivity contribution in [1.29, 1.82) is 0 Å². The van der Waals surface area contributed by atoms with Gasteiger partial charge in [-0.05, 0) is 12.0 Å². The Labute approximate surface area is 99.2 Å². The van der Waals surface area contributed by atoms with E-state index in [0.717, 1.165) is 17.3 Å². The third-order valence-corrected chi connectivity index (χ3v) is 2.72. The fourth-order valence-corrected chi connectivity index (χ4v) is 1.75. The Kier molecular flexibility index (Phi) is 5.40. The number of nitrogens with one attached hydrogen (secondary N) is 1. The highest BCUT2D eigenvalue weighted by atomic mass is 79.9. The molecule has 0 radical (unpaired) electrons. The summed E-state index contributed by atoms with van der Waals surface area (Å²) >= 11 is 3.29. The van der Waals surface area contributed by atoms with Crippen LogP contribution in [-0.4, -0.2) is 17.8 Å². The minimum absolute atomic E-state index is 0.0229. The number of carbonyl (C=O) groups excluding carboxylic acids is 1. The Balaban J connectivity index is 2.67. The molecule has 3 heteroatoms. The van der Waals surface area contributed by atoms with E-state index in [4.69, 9.17) is 0 Å². The van der Waals surface area contributed by atoms with Crippen molar-refractivity contribution in [3.8, 4) is 0 Å². The van der Waals surface area contributed by atoms with Crippen LogP contribution in [0.2, 0.25) is 0 Å². The molecule has 0 heterocycles. The van der Waals surface area contributed by atoms with Crippen LogP contribution < -0.4 is 5.32 Å². The summed E-state index contributed by atoms with van der Waals surface area (Å²) in [5.74, 6) is 0.0911. The summed E-state index contributed by atoms with van der Waals surface area (Å²) in [4.78, 5) is 11.8. The van der Waals surface area contributed by atoms with Crippen LogP contribution in [-0.2, 0) is 4.79 Å². The molecule has 1 unspecified atom stereocenters. The van der Waals surface area contributed by atoms with Crippen LogP contribution in [0.5, 0.6) is 0 Å². The van der Waals surface area contributed by atoms with Gasteiger partial charge in [-0.3, -0.25) is 4.79 Å². The lowest BCUT2D eigenvalue weighted by Gasteiger charge is -2.14. The van der Waals surface area contributed by atoms with Crippen LogP contribution in [0, 0.1) is 0 Å². The van der Waals surface area contributed by atoms with E-state index in [-0.39, 0.29) is 11.8 Å². The quantitative estimate of drug-likeness (QED) is 0.819. The molecule has 15 heavy (non-hydrogen) atoms. The average molecular weight is 270 g/mol. The molecule has 0 bridgehead atoms. The van der Waals surface area contributed by atoms with Gasteiger partial charge in [-0.2, -0.15) is 0 Å². The molecule has 0 aromatic heterocycles. The monoisotopic (exact) mass is 269 g/mol. The maximum atomic E-state index is 11.8. The normalized spacial score (nSPS) is 12.1. The second-order valence-corrected chi connectivity index (χ2v) is 4.14. The molecule has 1 rings (SSSR count). The van der Waals surface area contributed by atoms with E-state index in [9.17, 15) is 4.79 Å². The standard InChI is InChI=1S/C12H16BrNO/c1-2-11(12(15)14-9-8-13)10-6-4-3-5-7-10/h3-7,11H,2,8-9H2,1H3,(H,14,15). The number of hydrogen-bond donors (Lipinski definition) is 1. The van der Waals surface area contributed by atoms with Crippen LogP contribution >= 0.6 is 15.9 Å². The van der Waals surface area contributed by atoms with Crippen LogP contribution in [0.25, 0.3) is 0 Å². The fraction of sp³-hybridized carbons (Fsp3) is 0.417. The second-order valence-electron chi connectivity index (χ2n) is 3.35. The molecule has 1 aromatic carbocycles. The second kappa shape index (κ2) is 6.62. The van der Waals surface area contributed by atoms with Gasteiger partial charge in [0.1, 0.15) is 0 Å². The zero-order valence-corrected chi connectivity index (χ0v) is 10.5.